The number of carbonyl (C=O) groups is 1. The van der Waals surface area contributed by atoms with E-state index >= 15 is 0 Å². The fourth-order valence-corrected chi connectivity index (χ4v) is 6.40. The molecule has 49 heavy (non-hydrogen) atoms. The summed E-state index contributed by atoms with van der Waals surface area (Å²) in [5, 5.41) is 10.3. The number of hydrogen-bond donors (Lipinski definition) is 2. The van der Waals surface area contributed by atoms with Crippen molar-refractivity contribution in [2.75, 3.05) is 23.8 Å². The largest absolute Gasteiger partial charge is 0.379 e. The molecular formula is C39H43N5O4S. The van der Waals surface area contributed by atoms with Crippen molar-refractivity contribution in [3.05, 3.63) is 119 Å². The van der Waals surface area contributed by atoms with Crippen molar-refractivity contribution in [3.8, 4) is 22.8 Å². The van der Waals surface area contributed by atoms with Gasteiger partial charge in [-0.3, -0.25) is 4.79 Å². The first-order valence-electron chi connectivity index (χ1n) is 16.5. The van der Waals surface area contributed by atoms with Crippen molar-refractivity contribution in [1.82, 2.24) is 14.9 Å². The minimum absolute atomic E-state index is 0.0173. The molecule has 0 aliphatic heterocycles. The van der Waals surface area contributed by atoms with Gasteiger partial charge < -0.3 is 14.7 Å². The summed E-state index contributed by atoms with van der Waals surface area (Å²) in [5.41, 5.74) is 4.56. The molecule has 10 heteroatoms. The van der Waals surface area contributed by atoms with Gasteiger partial charge in [0.05, 0.1) is 16.3 Å². The van der Waals surface area contributed by atoms with Crippen LogP contribution in [0.4, 0.5) is 11.4 Å². The van der Waals surface area contributed by atoms with Crippen molar-refractivity contribution >= 4 is 38.1 Å². The molecule has 9 nitrogen and oxygen atoms in total. The number of amides is 1. The molecule has 4 aromatic carbocycles. The van der Waals surface area contributed by atoms with E-state index in [1.165, 1.54) is 35.1 Å². The highest BCUT2D eigenvalue weighted by Gasteiger charge is 2.21. The molecule has 2 N–H and O–H groups in total. The van der Waals surface area contributed by atoms with E-state index < -0.39 is 15.9 Å². The van der Waals surface area contributed by atoms with Crippen molar-refractivity contribution < 1.29 is 17.7 Å². The van der Waals surface area contributed by atoms with Crippen LogP contribution in [0.3, 0.4) is 0 Å². The third-order valence-corrected chi connectivity index (χ3v) is 9.59. The first-order valence-corrected chi connectivity index (χ1v) is 18.0. The number of nitrogens with one attached hydrogen (secondary N) is 2. The van der Waals surface area contributed by atoms with Gasteiger partial charge in [0.15, 0.2) is 0 Å². The number of allylic oxidation sites excluding steroid dienone is 3. The lowest BCUT2D eigenvalue weighted by atomic mass is 10.1. The van der Waals surface area contributed by atoms with E-state index in [-0.39, 0.29) is 16.4 Å². The second-order valence-electron chi connectivity index (χ2n) is 12.3. The predicted molar refractivity (Wildman–Crippen MR) is 199 cm³/mol. The zero-order chi connectivity index (χ0) is 35.0. The molecule has 0 unspecified atom stereocenters. The van der Waals surface area contributed by atoms with Crippen LogP contribution >= 0.6 is 0 Å². The lowest BCUT2D eigenvalue weighted by molar-refractivity contribution is 0.0981. The first kappa shape index (κ1) is 35.1. The summed E-state index contributed by atoms with van der Waals surface area (Å²) in [6, 6.07) is 27.3. The van der Waals surface area contributed by atoms with Crippen LogP contribution in [0.1, 0.15) is 56.5 Å². The molecule has 254 valence electrons. The van der Waals surface area contributed by atoms with Crippen LogP contribution in [0.5, 0.6) is 0 Å². The number of rotatable bonds is 14. The molecule has 1 aromatic heterocycles. The molecule has 0 aliphatic rings. The Morgan fingerprint density at radius 3 is 2.51 bits per heavy atom. The molecule has 0 saturated carbocycles. The van der Waals surface area contributed by atoms with Crippen molar-refractivity contribution in [2.24, 2.45) is 5.92 Å². The van der Waals surface area contributed by atoms with Crippen LogP contribution in [0.2, 0.25) is 0 Å². The number of anilines is 2. The summed E-state index contributed by atoms with van der Waals surface area (Å²) in [6.45, 7) is 9.49. The van der Waals surface area contributed by atoms with Crippen LogP contribution in [-0.4, -0.2) is 38.1 Å². The lowest BCUT2D eigenvalue weighted by Gasteiger charge is -2.24. The molecule has 0 spiro atoms. The topological polar surface area (TPSA) is 117 Å². The van der Waals surface area contributed by atoms with E-state index in [1.54, 1.807) is 25.1 Å². The Kier molecular flexibility index (Phi) is 11.3. The second-order valence-corrected chi connectivity index (χ2v) is 14.0. The molecule has 0 radical (unpaired) electrons. The second kappa shape index (κ2) is 15.8. The van der Waals surface area contributed by atoms with E-state index in [0.717, 1.165) is 35.5 Å². The normalized spacial score (nSPS) is 12.2. The number of sulfonamides is 1. The van der Waals surface area contributed by atoms with Crippen LogP contribution in [0.15, 0.2) is 113 Å². The highest BCUT2D eigenvalue weighted by Crippen LogP contribution is 2.32. The zero-order valence-corrected chi connectivity index (χ0v) is 29.4. The molecule has 0 aliphatic carbocycles. The molecule has 0 atom stereocenters. The summed E-state index contributed by atoms with van der Waals surface area (Å²) in [5.74, 6) is 0.413. The molecule has 0 fully saturated rings. The number of nitrogens with zero attached hydrogens (tertiary/aromatic N) is 3. The molecule has 5 aromatic rings. The zero-order valence-electron chi connectivity index (χ0n) is 28.6. The number of carbonyl (C=O) groups excluding carboxylic acids is 1. The van der Waals surface area contributed by atoms with E-state index in [2.05, 4.69) is 82.4 Å². The van der Waals surface area contributed by atoms with Gasteiger partial charge >= 0.3 is 0 Å². The van der Waals surface area contributed by atoms with Crippen LogP contribution in [-0.2, 0) is 16.6 Å². The summed E-state index contributed by atoms with van der Waals surface area (Å²) in [7, 11) is -1.94. The summed E-state index contributed by atoms with van der Waals surface area (Å²) in [6.07, 6.45) is 6.37. The van der Waals surface area contributed by atoms with Gasteiger partial charge in [-0.1, -0.05) is 80.5 Å². The van der Waals surface area contributed by atoms with Crippen LogP contribution < -0.4 is 14.9 Å². The number of benzene rings is 4. The molecule has 0 saturated heterocycles. The minimum atomic E-state index is -4.04. The molecule has 5 rings (SSSR count). The van der Waals surface area contributed by atoms with E-state index in [0.29, 0.717) is 30.3 Å². The van der Waals surface area contributed by atoms with Gasteiger partial charge in [0, 0.05) is 36.8 Å². The van der Waals surface area contributed by atoms with Crippen LogP contribution in [0, 0.1) is 5.92 Å². The Morgan fingerprint density at radius 2 is 1.76 bits per heavy atom. The quantitative estimate of drug-likeness (QED) is 0.112. The third kappa shape index (κ3) is 8.83. The van der Waals surface area contributed by atoms with Gasteiger partial charge in [0.2, 0.25) is 5.82 Å². The minimum Gasteiger partial charge on any atom is -0.379 e. The van der Waals surface area contributed by atoms with E-state index in [1.807, 2.05) is 31.2 Å². The molecule has 1 amide bonds. The average molecular weight is 678 g/mol. The maximum atomic E-state index is 13.0. The fraction of sp³-hybridized carbons (Fsp3) is 0.256. The Balaban J connectivity index is 1.39. The van der Waals surface area contributed by atoms with Crippen molar-refractivity contribution in [2.45, 2.75) is 47.1 Å². The van der Waals surface area contributed by atoms with Gasteiger partial charge in [0.25, 0.3) is 21.8 Å². The number of fused-ring (bicyclic) bond motifs is 1. The standard InChI is InChI=1S/C39H43N5O4S/c1-6-8-16-34(7-2)49(46,47)43-38(45)32-14-11-15-33(24-32)39-41-37(42-48-39)31-19-20-36(44(5)22-21-27(3)4)35(25-31)40-26-28-17-18-29-12-9-10-13-30(29)23-28/h7-20,23-25,27,40H,6,21-22,26H2,1-5H3,(H,43,45)/b16-8-,34-7+. The van der Waals surface area contributed by atoms with E-state index in [9.17, 15) is 13.2 Å². The highest BCUT2D eigenvalue weighted by atomic mass is 32.2. The summed E-state index contributed by atoms with van der Waals surface area (Å²) < 4.78 is 33.4. The summed E-state index contributed by atoms with van der Waals surface area (Å²) >= 11 is 0. The van der Waals surface area contributed by atoms with Crippen molar-refractivity contribution in [1.29, 1.82) is 0 Å². The van der Waals surface area contributed by atoms with Crippen LogP contribution in [0.25, 0.3) is 33.6 Å². The Morgan fingerprint density at radius 1 is 0.959 bits per heavy atom. The maximum absolute atomic E-state index is 13.0. The van der Waals surface area contributed by atoms with Gasteiger partial charge in [-0.15, -0.1) is 0 Å². The van der Waals surface area contributed by atoms with Gasteiger partial charge in [0.1, 0.15) is 0 Å². The third-order valence-electron chi connectivity index (χ3n) is 8.14. The molecule has 0 bridgehead atoms. The molecular weight excluding hydrogens is 635 g/mol. The fourth-order valence-electron chi connectivity index (χ4n) is 5.33. The van der Waals surface area contributed by atoms with Crippen molar-refractivity contribution in [3.63, 3.8) is 0 Å². The Labute approximate surface area is 288 Å². The van der Waals surface area contributed by atoms with Gasteiger partial charge in [-0.05, 0) is 90.6 Å². The van der Waals surface area contributed by atoms with E-state index in [4.69, 9.17) is 4.52 Å². The number of aromatic nitrogens is 2. The smallest absolute Gasteiger partial charge is 0.265 e. The van der Waals surface area contributed by atoms with Gasteiger partial charge in [-0.2, -0.15) is 4.98 Å². The summed E-state index contributed by atoms with van der Waals surface area (Å²) in [4.78, 5) is 19.9. The molecule has 1 heterocycles. The monoisotopic (exact) mass is 677 g/mol. The Hall–Kier alpha value is -5.22. The number of hydrogen-bond acceptors (Lipinski definition) is 8. The predicted octanol–water partition coefficient (Wildman–Crippen LogP) is 8.58. The first-order chi connectivity index (χ1) is 23.6. The Bertz CT molecular complexity index is 2100. The average Bonchev–Trinajstić information content (AvgIpc) is 3.60. The van der Waals surface area contributed by atoms with Gasteiger partial charge in [-0.25, -0.2) is 13.1 Å². The lowest BCUT2D eigenvalue weighted by Crippen LogP contribution is -2.31. The highest BCUT2D eigenvalue weighted by molar-refractivity contribution is 7.94. The SMILES string of the molecule is C/C=C(\C=C/CC)S(=O)(=O)NC(=O)c1cccc(-c2nc(-c3ccc(N(C)CCC(C)C)c(NCc4ccc5ccccc5c4)c3)no2)c1. The maximum Gasteiger partial charge on any atom is 0.265 e.